The molecule has 0 aliphatic rings. The maximum absolute atomic E-state index is 12.0. The van der Waals surface area contributed by atoms with Gasteiger partial charge in [-0.1, -0.05) is 24.6 Å². The van der Waals surface area contributed by atoms with Crippen LogP contribution in [0, 0.1) is 6.92 Å². The monoisotopic (exact) mass is 288 g/mol. The number of H-pyrrole nitrogens is 1. The molecule has 3 aromatic rings. The maximum Gasteiger partial charge on any atom is 0.262 e. The highest BCUT2D eigenvalue weighted by atomic mass is 35.5. The lowest BCUT2D eigenvalue weighted by atomic mass is 10.2. The molecular formula is C14H13ClN4O. The number of aryl methyl sites for hydroxylation is 2. The lowest BCUT2D eigenvalue weighted by molar-refractivity contribution is 0.873. The van der Waals surface area contributed by atoms with Crippen LogP contribution < -0.4 is 5.56 Å². The number of aromatic nitrogens is 4. The van der Waals surface area contributed by atoms with E-state index >= 15 is 0 Å². The summed E-state index contributed by atoms with van der Waals surface area (Å²) in [5.74, 6) is 0.632. The Labute approximate surface area is 120 Å². The van der Waals surface area contributed by atoms with E-state index in [1.165, 1.54) is 6.20 Å². The molecule has 5 nitrogen and oxygen atoms in total. The smallest absolute Gasteiger partial charge is 0.262 e. The molecule has 1 aromatic carbocycles. The fourth-order valence-corrected chi connectivity index (χ4v) is 2.41. The molecule has 1 N–H and O–H groups in total. The van der Waals surface area contributed by atoms with Gasteiger partial charge in [-0.25, -0.2) is 9.67 Å². The molecule has 102 valence electrons. The van der Waals surface area contributed by atoms with E-state index in [1.807, 2.05) is 32.0 Å². The maximum atomic E-state index is 12.0. The van der Waals surface area contributed by atoms with E-state index < -0.39 is 0 Å². The van der Waals surface area contributed by atoms with Crippen LogP contribution in [0.15, 0.2) is 29.2 Å². The number of halogens is 1. The fraction of sp³-hybridized carbons (Fsp3) is 0.214. The highest BCUT2D eigenvalue weighted by molar-refractivity contribution is 6.32. The molecular weight excluding hydrogens is 276 g/mol. The summed E-state index contributed by atoms with van der Waals surface area (Å²) >= 11 is 6.26. The Kier molecular flexibility index (Phi) is 3.06. The van der Waals surface area contributed by atoms with Crippen LogP contribution in [0.1, 0.15) is 18.3 Å². The number of nitrogens with one attached hydrogen (secondary N) is 1. The van der Waals surface area contributed by atoms with Crippen molar-refractivity contribution in [3.8, 4) is 5.69 Å². The van der Waals surface area contributed by atoms with Gasteiger partial charge in [-0.2, -0.15) is 5.10 Å². The molecule has 0 saturated carbocycles. The summed E-state index contributed by atoms with van der Waals surface area (Å²) in [6, 6.07) is 5.68. The van der Waals surface area contributed by atoms with Gasteiger partial charge in [0.15, 0.2) is 5.65 Å². The molecule has 0 aliphatic heterocycles. The molecule has 0 radical (unpaired) electrons. The zero-order chi connectivity index (χ0) is 14.3. The van der Waals surface area contributed by atoms with E-state index in [0.29, 0.717) is 34.0 Å². The van der Waals surface area contributed by atoms with E-state index in [4.69, 9.17) is 11.6 Å². The molecule has 20 heavy (non-hydrogen) atoms. The number of fused-ring (bicyclic) bond motifs is 1. The Morgan fingerprint density at radius 1 is 1.40 bits per heavy atom. The molecule has 0 amide bonds. The molecule has 6 heteroatoms. The van der Waals surface area contributed by atoms with E-state index in [-0.39, 0.29) is 5.56 Å². The second-order valence-electron chi connectivity index (χ2n) is 4.61. The Morgan fingerprint density at radius 2 is 2.20 bits per heavy atom. The van der Waals surface area contributed by atoms with E-state index in [0.717, 1.165) is 5.56 Å². The van der Waals surface area contributed by atoms with Crippen molar-refractivity contribution < 1.29 is 0 Å². The van der Waals surface area contributed by atoms with Gasteiger partial charge in [-0.05, 0) is 24.6 Å². The van der Waals surface area contributed by atoms with Crippen molar-refractivity contribution >= 4 is 22.6 Å². The van der Waals surface area contributed by atoms with Crippen LogP contribution >= 0.6 is 11.6 Å². The van der Waals surface area contributed by atoms with Gasteiger partial charge in [0.25, 0.3) is 5.56 Å². The van der Waals surface area contributed by atoms with Gasteiger partial charge in [0, 0.05) is 6.42 Å². The summed E-state index contributed by atoms with van der Waals surface area (Å²) < 4.78 is 1.60. The van der Waals surface area contributed by atoms with Crippen molar-refractivity contribution in [2.45, 2.75) is 20.3 Å². The van der Waals surface area contributed by atoms with Crippen molar-refractivity contribution in [1.29, 1.82) is 0 Å². The zero-order valence-electron chi connectivity index (χ0n) is 11.1. The molecule has 2 aromatic heterocycles. The van der Waals surface area contributed by atoms with Gasteiger partial charge in [0.1, 0.15) is 11.2 Å². The van der Waals surface area contributed by atoms with Gasteiger partial charge in [-0.15, -0.1) is 0 Å². The highest BCUT2D eigenvalue weighted by Gasteiger charge is 2.13. The molecule has 0 unspecified atom stereocenters. The fourth-order valence-electron chi connectivity index (χ4n) is 2.09. The molecule has 0 saturated heterocycles. The largest absolute Gasteiger partial charge is 0.310 e. The van der Waals surface area contributed by atoms with Gasteiger partial charge < -0.3 is 4.98 Å². The SMILES string of the molecule is CCc1nc2c(cnn2-c2ccc(C)cc2Cl)c(=O)[nH]1. The number of aromatic amines is 1. The molecule has 3 rings (SSSR count). The Hall–Kier alpha value is -2.14. The Morgan fingerprint density at radius 3 is 2.90 bits per heavy atom. The third-order valence-corrected chi connectivity index (χ3v) is 3.46. The standard InChI is InChI=1S/C14H13ClN4O/c1-3-12-17-13-9(14(20)18-12)7-16-19(13)11-5-4-8(2)6-10(11)15/h4-7H,3H2,1-2H3,(H,17,18,20). The molecule has 2 heterocycles. The quantitative estimate of drug-likeness (QED) is 0.788. The van der Waals surface area contributed by atoms with Crippen molar-refractivity contribution in [2.24, 2.45) is 0 Å². The predicted molar refractivity (Wildman–Crippen MR) is 78.6 cm³/mol. The van der Waals surface area contributed by atoms with Gasteiger partial charge >= 0.3 is 0 Å². The van der Waals surface area contributed by atoms with Crippen molar-refractivity contribution in [3.63, 3.8) is 0 Å². The lowest BCUT2D eigenvalue weighted by Crippen LogP contribution is -2.11. The second kappa shape index (κ2) is 4.76. The van der Waals surface area contributed by atoms with E-state index in [2.05, 4.69) is 15.1 Å². The minimum atomic E-state index is -0.179. The van der Waals surface area contributed by atoms with Crippen LogP contribution in [-0.2, 0) is 6.42 Å². The Bertz CT molecular complexity index is 850. The molecule has 0 atom stereocenters. The average molecular weight is 289 g/mol. The van der Waals surface area contributed by atoms with Crippen LogP contribution in [-0.4, -0.2) is 19.7 Å². The molecule has 0 fully saturated rings. The minimum Gasteiger partial charge on any atom is -0.310 e. The van der Waals surface area contributed by atoms with Crippen LogP contribution in [0.5, 0.6) is 0 Å². The number of rotatable bonds is 2. The van der Waals surface area contributed by atoms with Gasteiger partial charge in [-0.3, -0.25) is 4.79 Å². The summed E-state index contributed by atoms with van der Waals surface area (Å²) in [4.78, 5) is 19.1. The molecule has 0 spiro atoms. The third-order valence-electron chi connectivity index (χ3n) is 3.15. The normalized spacial score (nSPS) is 11.2. The molecule has 0 aliphatic carbocycles. The predicted octanol–water partition coefficient (Wildman–Crippen LogP) is 2.63. The summed E-state index contributed by atoms with van der Waals surface area (Å²) in [6.07, 6.45) is 2.16. The molecule has 0 bridgehead atoms. The topological polar surface area (TPSA) is 63.6 Å². The first-order chi connectivity index (χ1) is 9.60. The van der Waals surface area contributed by atoms with Crippen LogP contribution in [0.3, 0.4) is 0 Å². The third kappa shape index (κ3) is 2.00. The first-order valence-corrected chi connectivity index (χ1v) is 6.71. The minimum absolute atomic E-state index is 0.179. The van der Waals surface area contributed by atoms with Gasteiger partial charge in [0.2, 0.25) is 0 Å². The Balaban J connectivity index is 2.31. The summed E-state index contributed by atoms with van der Waals surface area (Å²) in [5.41, 5.74) is 2.13. The first-order valence-electron chi connectivity index (χ1n) is 6.33. The van der Waals surface area contributed by atoms with Crippen molar-refractivity contribution in [1.82, 2.24) is 19.7 Å². The summed E-state index contributed by atoms with van der Waals surface area (Å²) in [7, 11) is 0. The zero-order valence-corrected chi connectivity index (χ0v) is 11.9. The number of nitrogens with zero attached hydrogens (tertiary/aromatic N) is 3. The number of hydrogen-bond donors (Lipinski definition) is 1. The van der Waals surface area contributed by atoms with Crippen LogP contribution in [0.2, 0.25) is 5.02 Å². The summed E-state index contributed by atoms with van der Waals surface area (Å²) in [6.45, 7) is 3.90. The lowest BCUT2D eigenvalue weighted by Gasteiger charge is -2.06. The average Bonchev–Trinajstić information content (AvgIpc) is 2.83. The van der Waals surface area contributed by atoms with E-state index in [1.54, 1.807) is 4.68 Å². The first kappa shape index (κ1) is 12.9. The van der Waals surface area contributed by atoms with Crippen molar-refractivity contribution in [2.75, 3.05) is 0 Å². The van der Waals surface area contributed by atoms with E-state index in [9.17, 15) is 4.79 Å². The highest BCUT2D eigenvalue weighted by Crippen LogP contribution is 2.23. The number of benzene rings is 1. The number of hydrogen-bond acceptors (Lipinski definition) is 3. The van der Waals surface area contributed by atoms with Crippen molar-refractivity contribution in [3.05, 3.63) is 51.2 Å². The summed E-state index contributed by atoms with van der Waals surface area (Å²) in [5, 5.41) is 5.28. The van der Waals surface area contributed by atoms with Gasteiger partial charge in [0.05, 0.1) is 16.9 Å². The van der Waals surface area contributed by atoms with Crippen LogP contribution in [0.4, 0.5) is 0 Å². The second-order valence-corrected chi connectivity index (χ2v) is 5.02. The van der Waals surface area contributed by atoms with Crippen LogP contribution in [0.25, 0.3) is 16.7 Å².